The highest BCUT2D eigenvalue weighted by Crippen LogP contribution is 2.68. The summed E-state index contributed by atoms with van der Waals surface area (Å²) in [5, 5.41) is 71.0. The number of halogens is 2. The van der Waals surface area contributed by atoms with Gasteiger partial charge in [0.25, 0.3) is 5.91 Å². The van der Waals surface area contributed by atoms with Gasteiger partial charge in [0.2, 0.25) is 23.6 Å². The van der Waals surface area contributed by atoms with E-state index in [9.17, 15) is 63.9 Å². The van der Waals surface area contributed by atoms with Crippen molar-refractivity contribution in [2.24, 2.45) is 69.0 Å². The predicted molar refractivity (Wildman–Crippen MR) is 331 cm³/mol. The Kier molecular flexibility index (Phi) is 22.5. The number of alkyl halides is 2. The summed E-state index contributed by atoms with van der Waals surface area (Å²) in [7, 11) is 0. The average molecular weight is 1340 g/mol. The van der Waals surface area contributed by atoms with Gasteiger partial charge in [-0.1, -0.05) is 37.1 Å². The first-order valence-electron chi connectivity index (χ1n) is 33.8. The van der Waals surface area contributed by atoms with Crippen molar-refractivity contribution in [3.05, 3.63) is 47.6 Å². The van der Waals surface area contributed by atoms with Gasteiger partial charge in [-0.2, -0.15) is 0 Å². The van der Waals surface area contributed by atoms with Gasteiger partial charge < -0.3 is 65.4 Å². The smallest absolute Gasteiger partial charge is 0.336 e. The average Bonchev–Trinajstić information content (AvgIpc) is 1.67. The first-order chi connectivity index (χ1) is 44.8. The van der Waals surface area contributed by atoms with E-state index in [1.165, 1.54) is 24.3 Å². The number of carbonyl (C=O) groups excluding carboxylic acids is 8. The molecule has 5 amide bonds. The Morgan fingerprint density at radius 1 is 0.621 bits per heavy atom. The Morgan fingerprint density at radius 3 is 1.41 bits per heavy atom. The minimum Gasteiger partial charge on any atom is -0.550 e. The van der Waals surface area contributed by atoms with Crippen molar-refractivity contribution >= 4 is 53.0 Å². The molecule has 0 radical (unpaired) electrons. The molecule has 4 aliphatic heterocycles. The highest BCUT2D eigenvalue weighted by molar-refractivity contribution is 6.03. The molecule has 4 heterocycles. The standard InChI is InChI=1S/C33H46FN3O8.C20H25FO5.C13H23N3O4.C2H4O2/c1-20-15-23-24-4-3-21-16-22(38)5-7-30(21,2)33(24,34)26(39)17-25(23)32(20,43)29(42)35-9-11-44-13-14-45-12-10-37-18-31(19-37)8-6-27(40)36-28(31)41;1-10-7-13-14-4-3-11-8-12(22)5-6-18(11,2)20(14,21)16(23)9-15(13)19(10,26)17(24)25;14-3-5-19-7-8-20-6-4-16-9-13(10-16)2-1-11(17)15-12(13)18;1-2(3)4/h5,7,16,20,23-26,39,43H,3-4,6,8-15,17-19H2,1-2H3,(H,35,42)(H,36,40,41);5-6,8,10,13-16,23,26H,3-4,7,9H2,1-2H3,(H,24,25);1-10,14H2,(H,15,17,18);1H3,(H,3,4)/t20-,23-,24+,25+,26+,30+,32-,33+;10-,13-,14+,15+,16+,18+,19-,20+;;/m11../s1. The fourth-order valence-electron chi connectivity index (χ4n) is 18.6. The summed E-state index contributed by atoms with van der Waals surface area (Å²) in [5.41, 5.74) is -5.48. The fourth-order valence-corrected chi connectivity index (χ4v) is 18.6. The molecule has 0 unspecified atom stereocenters. The quantitative estimate of drug-likeness (QED) is 0.0588. The third kappa shape index (κ3) is 13.7. The van der Waals surface area contributed by atoms with Gasteiger partial charge in [-0.15, -0.1) is 0 Å². The molecule has 0 bridgehead atoms. The second-order valence-electron chi connectivity index (χ2n) is 29.1. The van der Waals surface area contributed by atoms with E-state index in [4.69, 9.17) is 28.8 Å². The molecule has 0 aromatic carbocycles. The first-order valence-corrected chi connectivity index (χ1v) is 33.8. The van der Waals surface area contributed by atoms with E-state index in [0.717, 1.165) is 33.1 Å². The van der Waals surface area contributed by atoms with Crippen molar-refractivity contribution in [1.82, 2.24) is 25.8 Å². The van der Waals surface area contributed by atoms with Crippen LogP contribution < -0.4 is 26.8 Å². The molecule has 12 aliphatic rings. The Bertz CT molecular complexity index is 3080. The number of nitrogens with one attached hydrogen (secondary N) is 3. The van der Waals surface area contributed by atoms with Gasteiger partial charge in [-0.25, -0.2) is 13.6 Å². The molecule has 11 N–H and O–H groups in total. The molecule has 27 heteroatoms. The minimum atomic E-state index is -1.99. The zero-order valence-corrected chi connectivity index (χ0v) is 55.3. The number of quaternary nitrogens is 1. The number of fused-ring (bicyclic) bond motifs is 10. The van der Waals surface area contributed by atoms with E-state index in [-0.39, 0.29) is 78.4 Å². The Balaban J connectivity index is 0.000000179. The van der Waals surface area contributed by atoms with Crippen LogP contribution in [-0.4, -0.2) is 228 Å². The molecule has 95 heavy (non-hydrogen) atoms. The third-order valence-electron chi connectivity index (χ3n) is 23.7. The summed E-state index contributed by atoms with van der Waals surface area (Å²) >= 11 is 0. The molecule has 4 saturated heterocycles. The van der Waals surface area contributed by atoms with Gasteiger partial charge in [-0.3, -0.25) is 54.0 Å². The lowest BCUT2D eigenvalue weighted by Crippen LogP contribution is -2.66. The van der Waals surface area contributed by atoms with Crippen molar-refractivity contribution in [1.29, 1.82) is 0 Å². The van der Waals surface area contributed by atoms with Gasteiger partial charge in [-0.05, 0) is 133 Å². The number of hydrogen-bond acceptors (Lipinski definition) is 20. The topological polar surface area (TPSA) is 385 Å². The number of ether oxygens (including phenoxy) is 4. The maximum atomic E-state index is 17.1. The van der Waals surface area contributed by atoms with E-state index in [1.807, 2.05) is 6.92 Å². The number of allylic oxidation sites excluding steroid dienone is 8. The van der Waals surface area contributed by atoms with Crippen LogP contribution in [0.4, 0.5) is 8.78 Å². The van der Waals surface area contributed by atoms with Gasteiger partial charge >= 0.3 is 5.97 Å². The summed E-state index contributed by atoms with van der Waals surface area (Å²) in [6, 6.07) is 0. The zero-order valence-electron chi connectivity index (χ0n) is 55.3. The van der Waals surface area contributed by atoms with Crippen molar-refractivity contribution in [2.75, 3.05) is 105 Å². The van der Waals surface area contributed by atoms with E-state index >= 15 is 8.78 Å². The molecule has 6 saturated carbocycles. The number of aliphatic carboxylic acids is 2. The predicted octanol–water partition coefficient (Wildman–Crippen LogP) is -0.383. The van der Waals surface area contributed by atoms with Crippen LogP contribution in [0.3, 0.4) is 0 Å². The SMILES string of the molecule is CC(=O)[O-].C[C@@H]1C[C@H]2[C@H](C[C@H](O)[C@@]3(F)[C@H]2CCC2=CC(=O)C=C[C@@]23C)[C@@]1(O)C(=O)NCCOCCOCCN1CC2(CCC(=O)NC2=O)C1.C[C@@H]1C[C@H]2[C@H](C[C@H](O)[C@@]3(F)[C@H]2CCC2=CC(=O)C=C[C@@]23C)[C@@]1(O)C(=O)O.[NH3+]CCOCCOCCN1CC2(CCC(=O)NC2=O)C1. The lowest BCUT2D eigenvalue weighted by molar-refractivity contribution is -0.374. The highest BCUT2D eigenvalue weighted by atomic mass is 19.1. The second kappa shape index (κ2) is 29.1. The monoisotopic (exact) mass is 1340 g/mol. The molecule has 2 spiro atoms. The van der Waals surface area contributed by atoms with E-state index < -0.39 is 104 Å². The number of carbonyl (C=O) groups is 9. The Morgan fingerprint density at radius 2 is 1.01 bits per heavy atom. The molecule has 0 aromatic heterocycles. The number of likely N-dealkylation sites (tertiary alicyclic amines) is 2. The van der Waals surface area contributed by atoms with Gasteiger partial charge in [0.05, 0.1) is 82.4 Å². The van der Waals surface area contributed by atoms with Crippen molar-refractivity contribution in [3.8, 4) is 0 Å². The number of amides is 5. The number of carboxylic acid groups (broad SMARTS) is 2. The summed E-state index contributed by atoms with van der Waals surface area (Å²) in [6.45, 7) is 17.1. The lowest BCUT2D eigenvalue weighted by atomic mass is 9.48. The Labute approximate surface area is 552 Å². The summed E-state index contributed by atoms with van der Waals surface area (Å²) < 4.78 is 55.7. The van der Waals surface area contributed by atoms with Crippen LogP contribution in [0.2, 0.25) is 0 Å². The van der Waals surface area contributed by atoms with Crippen LogP contribution in [0.5, 0.6) is 0 Å². The largest absolute Gasteiger partial charge is 0.550 e. The second-order valence-corrected chi connectivity index (χ2v) is 29.1. The number of ketones is 2. The molecule has 8 aliphatic carbocycles. The maximum Gasteiger partial charge on any atom is 0.336 e. The number of imide groups is 2. The van der Waals surface area contributed by atoms with E-state index in [1.54, 1.807) is 32.9 Å². The van der Waals surface area contributed by atoms with Gasteiger partial charge in [0.1, 0.15) is 5.60 Å². The molecule has 16 atom stereocenters. The first kappa shape index (κ1) is 73.7. The molecule has 0 aromatic rings. The van der Waals surface area contributed by atoms with Crippen LogP contribution in [0.1, 0.15) is 112 Å². The summed E-state index contributed by atoms with van der Waals surface area (Å²) in [6.07, 6.45) is 11.0. The van der Waals surface area contributed by atoms with Crippen LogP contribution in [-0.2, 0) is 62.1 Å². The number of aliphatic hydroxyl groups is 4. The normalized spacial score (nSPS) is 38.4. The highest BCUT2D eigenvalue weighted by Gasteiger charge is 2.74. The number of carboxylic acids is 2. The van der Waals surface area contributed by atoms with Gasteiger partial charge in [0, 0.05) is 99.1 Å². The van der Waals surface area contributed by atoms with E-state index in [0.29, 0.717) is 141 Å². The maximum absolute atomic E-state index is 17.1. The van der Waals surface area contributed by atoms with E-state index in [2.05, 4.69) is 31.5 Å². The number of piperidine rings is 2. The fraction of sp³-hybridized carbons (Fsp3) is 0.750. The molecular formula is C68H98F2N6O19. The van der Waals surface area contributed by atoms with Crippen LogP contribution in [0.15, 0.2) is 47.6 Å². The third-order valence-corrected chi connectivity index (χ3v) is 23.7. The molecule has 528 valence electrons. The van der Waals surface area contributed by atoms with Gasteiger partial charge in [0.15, 0.2) is 28.5 Å². The zero-order chi connectivity index (χ0) is 69.3. The minimum absolute atomic E-state index is 0.0320. The Hall–Kier alpha value is -5.59. The van der Waals surface area contributed by atoms with Crippen LogP contribution in [0.25, 0.3) is 0 Å². The van der Waals surface area contributed by atoms with Crippen molar-refractivity contribution < 1.29 is 107 Å². The number of rotatable bonds is 19. The summed E-state index contributed by atoms with van der Waals surface area (Å²) in [5.74, 6) is -7.68. The molecule has 25 nitrogen and oxygen atoms in total. The summed E-state index contributed by atoms with van der Waals surface area (Å²) in [4.78, 5) is 109. The molecular weight excluding hydrogens is 1240 g/mol. The van der Waals surface area contributed by atoms with Crippen LogP contribution >= 0.6 is 0 Å². The molecule has 10 fully saturated rings. The van der Waals surface area contributed by atoms with Crippen molar-refractivity contribution in [3.63, 3.8) is 0 Å². The van der Waals surface area contributed by atoms with Crippen LogP contribution in [0, 0.1) is 69.0 Å². The molecule has 12 rings (SSSR count). The number of nitrogens with zero attached hydrogens (tertiary/aromatic N) is 2. The number of aliphatic hydroxyl groups excluding tert-OH is 2. The van der Waals surface area contributed by atoms with Crippen molar-refractivity contribution in [2.45, 2.75) is 146 Å². The lowest BCUT2D eigenvalue weighted by Gasteiger charge is -2.59. The number of hydrogen-bond donors (Lipinski definition) is 9.